The van der Waals surface area contributed by atoms with Crippen LogP contribution in [0.3, 0.4) is 0 Å². The second kappa shape index (κ2) is 8.56. The number of imidazole rings is 1. The Morgan fingerprint density at radius 1 is 1.06 bits per heavy atom. The van der Waals surface area contributed by atoms with Crippen molar-refractivity contribution in [3.63, 3.8) is 0 Å². The van der Waals surface area contributed by atoms with E-state index in [9.17, 15) is 19.1 Å². The largest absolute Gasteiger partial charge is 0.507 e. The van der Waals surface area contributed by atoms with Gasteiger partial charge in [0.1, 0.15) is 17.6 Å². The maximum absolute atomic E-state index is 13.4. The minimum atomic E-state index is -1.08. The summed E-state index contributed by atoms with van der Waals surface area (Å²) in [6.07, 6.45) is 1.52. The molecule has 5 rings (SSSR count). The number of anilines is 1. The third-order valence-electron chi connectivity index (χ3n) is 5.73. The van der Waals surface area contributed by atoms with Gasteiger partial charge in [0, 0.05) is 23.9 Å². The highest BCUT2D eigenvalue weighted by atomic mass is 19.1. The number of aliphatic hydroxyl groups excluding tert-OH is 1. The van der Waals surface area contributed by atoms with Gasteiger partial charge in [-0.2, -0.15) is 0 Å². The van der Waals surface area contributed by atoms with Gasteiger partial charge in [0.05, 0.1) is 36.5 Å². The first-order chi connectivity index (χ1) is 16.9. The first-order valence-corrected chi connectivity index (χ1v) is 10.5. The number of ether oxygens (including phenoxy) is 2. The van der Waals surface area contributed by atoms with Gasteiger partial charge in [0.2, 0.25) is 5.95 Å². The van der Waals surface area contributed by atoms with E-state index in [-0.39, 0.29) is 17.1 Å². The van der Waals surface area contributed by atoms with Gasteiger partial charge in [-0.05, 0) is 36.4 Å². The smallest absolute Gasteiger partial charge is 0.302 e. The van der Waals surface area contributed by atoms with Crippen molar-refractivity contribution in [1.82, 2.24) is 15.0 Å². The second-order valence-electron chi connectivity index (χ2n) is 7.72. The Balaban J connectivity index is 1.71. The van der Waals surface area contributed by atoms with Gasteiger partial charge in [0.25, 0.3) is 5.78 Å². The molecule has 1 unspecified atom stereocenters. The number of hydrogen-bond acceptors (Lipinski definition) is 7. The number of methoxy groups -OCH3 is 2. The van der Waals surface area contributed by atoms with Crippen LogP contribution >= 0.6 is 0 Å². The van der Waals surface area contributed by atoms with Gasteiger partial charge in [-0.3, -0.25) is 19.5 Å². The number of aromatic nitrogens is 3. The maximum Gasteiger partial charge on any atom is 0.302 e. The molecule has 1 aliphatic heterocycles. The van der Waals surface area contributed by atoms with E-state index in [2.05, 4.69) is 15.0 Å². The fraction of sp³-hybridized carbons (Fsp3) is 0.120. The quantitative estimate of drug-likeness (QED) is 0.257. The van der Waals surface area contributed by atoms with Gasteiger partial charge < -0.3 is 19.6 Å². The number of fused-ring (bicyclic) bond motifs is 1. The fourth-order valence-electron chi connectivity index (χ4n) is 4.07. The SMILES string of the molecule is COc1cc2nc(N3C(=O)C(=O)/C(=C(/O)c4ccc(F)cc4)C3c3ccccn3)[nH]c2cc1OC. The van der Waals surface area contributed by atoms with Crippen molar-refractivity contribution >= 4 is 34.4 Å². The van der Waals surface area contributed by atoms with Crippen molar-refractivity contribution in [3.05, 3.63) is 83.4 Å². The summed E-state index contributed by atoms with van der Waals surface area (Å²) in [4.78, 5) is 39.4. The number of rotatable bonds is 5. The van der Waals surface area contributed by atoms with Crippen LogP contribution in [0.5, 0.6) is 11.5 Å². The van der Waals surface area contributed by atoms with Gasteiger partial charge in [-0.15, -0.1) is 0 Å². The number of aliphatic hydroxyl groups is 1. The van der Waals surface area contributed by atoms with Crippen molar-refractivity contribution in [2.24, 2.45) is 0 Å². The van der Waals surface area contributed by atoms with E-state index < -0.39 is 29.3 Å². The van der Waals surface area contributed by atoms with E-state index in [1.54, 1.807) is 30.3 Å². The third kappa shape index (κ3) is 3.65. The molecule has 0 aliphatic carbocycles. The minimum Gasteiger partial charge on any atom is -0.507 e. The number of ketones is 1. The number of H-pyrrole nitrogens is 1. The molecule has 176 valence electrons. The lowest BCUT2D eigenvalue weighted by molar-refractivity contribution is -0.132. The van der Waals surface area contributed by atoms with Gasteiger partial charge in [-0.25, -0.2) is 9.37 Å². The summed E-state index contributed by atoms with van der Waals surface area (Å²) in [6.45, 7) is 0. The third-order valence-corrected chi connectivity index (χ3v) is 5.73. The number of nitrogens with one attached hydrogen (secondary N) is 1. The zero-order chi connectivity index (χ0) is 24.7. The number of carbonyl (C=O) groups is 2. The Labute approximate surface area is 198 Å². The maximum atomic E-state index is 13.4. The molecule has 1 atom stereocenters. The van der Waals surface area contributed by atoms with E-state index in [1.165, 1.54) is 32.5 Å². The second-order valence-corrected chi connectivity index (χ2v) is 7.72. The normalized spacial score (nSPS) is 17.2. The molecule has 35 heavy (non-hydrogen) atoms. The molecule has 0 bridgehead atoms. The van der Waals surface area contributed by atoms with Crippen LogP contribution in [-0.4, -0.2) is 46.0 Å². The van der Waals surface area contributed by atoms with Crippen molar-refractivity contribution < 1.29 is 28.6 Å². The number of halogens is 1. The van der Waals surface area contributed by atoms with Crippen LogP contribution in [0.4, 0.5) is 10.3 Å². The minimum absolute atomic E-state index is 0.0752. The zero-order valence-corrected chi connectivity index (χ0v) is 18.7. The summed E-state index contributed by atoms with van der Waals surface area (Å²) in [5.74, 6) is -1.79. The highest BCUT2D eigenvalue weighted by Gasteiger charge is 2.48. The molecule has 0 spiro atoms. The summed E-state index contributed by atoms with van der Waals surface area (Å²) in [6, 6.07) is 12.2. The Kier molecular flexibility index (Phi) is 5.40. The number of hydrogen-bond donors (Lipinski definition) is 2. The Morgan fingerprint density at radius 3 is 2.43 bits per heavy atom. The molecular weight excluding hydrogens is 455 g/mol. The van der Waals surface area contributed by atoms with Crippen molar-refractivity contribution in [3.8, 4) is 11.5 Å². The molecule has 0 saturated carbocycles. The van der Waals surface area contributed by atoms with Crippen molar-refractivity contribution in [2.45, 2.75) is 6.04 Å². The van der Waals surface area contributed by atoms with Gasteiger partial charge in [0.15, 0.2) is 11.5 Å². The molecule has 2 aromatic heterocycles. The van der Waals surface area contributed by atoms with Crippen LogP contribution in [0.2, 0.25) is 0 Å². The number of carbonyl (C=O) groups excluding carboxylic acids is 2. The highest BCUT2D eigenvalue weighted by molar-refractivity contribution is 6.51. The summed E-state index contributed by atoms with van der Waals surface area (Å²) in [5, 5.41) is 11.0. The van der Waals surface area contributed by atoms with Crippen LogP contribution in [0.15, 0.2) is 66.4 Å². The Bertz CT molecular complexity index is 1440. The number of Topliss-reactive ketones (excluding diaryl/α,β-unsaturated/α-hetero) is 1. The standard InChI is InChI=1S/C25H19FN4O5/c1-34-18-11-16-17(12-19(18)35-2)29-25(28-16)30-21(15-5-3-4-10-27-15)20(23(32)24(30)33)22(31)13-6-8-14(26)9-7-13/h3-12,21,31H,1-2H3,(H,28,29)/b22-20+. The Hall–Kier alpha value is -4.73. The molecule has 1 fully saturated rings. The zero-order valence-electron chi connectivity index (χ0n) is 18.7. The fourth-order valence-corrected chi connectivity index (χ4v) is 4.07. The van der Waals surface area contributed by atoms with Crippen LogP contribution in [-0.2, 0) is 9.59 Å². The molecule has 2 aromatic carbocycles. The predicted molar refractivity (Wildman–Crippen MR) is 125 cm³/mol. The molecule has 3 heterocycles. The average molecular weight is 474 g/mol. The lowest BCUT2D eigenvalue weighted by Gasteiger charge is -2.22. The van der Waals surface area contributed by atoms with Crippen molar-refractivity contribution in [1.29, 1.82) is 0 Å². The predicted octanol–water partition coefficient (Wildman–Crippen LogP) is 3.74. The van der Waals surface area contributed by atoms with E-state index in [0.29, 0.717) is 28.2 Å². The van der Waals surface area contributed by atoms with Crippen LogP contribution in [0, 0.1) is 5.82 Å². The first-order valence-electron chi connectivity index (χ1n) is 10.5. The average Bonchev–Trinajstić information content (AvgIpc) is 3.41. The molecule has 0 radical (unpaired) electrons. The summed E-state index contributed by atoms with van der Waals surface area (Å²) in [5.41, 5.74) is 1.35. The molecular formula is C25H19FN4O5. The summed E-state index contributed by atoms with van der Waals surface area (Å²) >= 11 is 0. The molecule has 1 amide bonds. The van der Waals surface area contributed by atoms with Gasteiger partial charge >= 0.3 is 5.91 Å². The number of nitrogens with zero attached hydrogens (tertiary/aromatic N) is 3. The number of pyridine rings is 1. The number of aromatic amines is 1. The topological polar surface area (TPSA) is 118 Å². The van der Waals surface area contributed by atoms with Crippen molar-refractivity contribution in [2.75, 3.05) is 19.1 Å². The van der Waals surface area contributed by atoms with E-state index in [4.69, 9.17) is 9.47 Å². The molecule has 1 aliphatic rings. The lowest BCUT2D eigenvalue weighted by Crippen LogP contribution is -2.30. The van der Waals surface area contributed by atoms with Crippen LogP contribution < -0.4 is 14.4 Å². The highest BCUT2D eigenvalue weighted by Crippen LogP contribution is 2.41. The molecule has 2 N–H and O–H groups in total. The monoisotopic (exact) mass is 474 g/mol. The number of amides is 1. The Morgan fingerprint density at radius 2 is 1.77 bits per heavy atom. The molecule has 9 nitrogen and oxygen atoms in total. The number of benzene rings is 2. The van der Waals surface area contributed by atoms with Crippen LogP contribution in [0.1, 0.15) is 17.3 Å². The summed E-state index contributed by atoms with van der Waals surface area (Å²) < 4.78 is 24.1. The van der Waals surface area contributed by atoms with Crippen LogP contribution in [0.25, 0.3) is 16.8 Å². The van der Waals surface area contributed by atoms with Gasteiger partial charge in [-0.1, -0.05) is 6.07 Å². The molecule has 10 heteroatoms. The lowest BCUT2D eigenvalue weighted by atomic mass is 9.98. The van der Waals surface area contributed by atoms with E-state index >= 15 is 0 Å². The summed E-state index contributed by atoms with van der Waals surface area (Å²) in [7, 11) is 2.99. The van der Waals surface area contributed by atoms with E-state index in [1.807, 2.05) is 0 Å². The molecule has 4 aromatic rings. The molecule has 1 saturated heterocycles. The van der Waals surface area contributed by atoms with E-state index in [0.717, 1.165) is 17.0 Å². The first kappa shape index (κ1) is 22.1.